The molecule has 0 aliphatic heterocycles. The average Bonchev–Trinajstić information content (AvgIpc) is 3.52. The first-order valence-corrected chi connectivity index (χ1v) is 13.8. The first-order chi connectivity index (χ1) is 17.8. The molecule has 2 aromatic carbocycles. The fourth-order valence-corrected chi connectivity index (χ4v) is 5.23. The molecule has 0 spiro atoms. The standard InChI is InChI=1S/C27H30N6O2S2/c1-27(2,15-13-23-30-32-25(36-23)28-21(34)17-19-9-5-3-6-10-19)16-14-24-31-33-26(37-24)29-22(35)18-20-11-7-4-8-12-20/h3-12H,13-18H2,1-2H3,(H,28,32,34)(H,29,33,35). The average molecular weight is 535 g/mol. The maximum atomic E-state index is 12.3. The Labute approximate surface area is 224 Å². The van der Waals surface area contributed by atoms with Crippen molar-refractivity contribution < 1.29 is 9.59 Å². The summed E-state index contributed by atoms with van der Waals surface area (Å²) < 4.78 is 0. The second-order valence-electron chi connectivity index (χ2n) is 9.59. The molecule has 2 aromatic heterocycles. The predicted octanol–water partition coefficient (Wildman–Crippen LogP) is 5.34. The van der Waals surface area contributed by atoms with E-state index in [4.69, 9.17) is 0 Å². The number of carbonyl (C=O) groups is 2. The number of benzene rings is 2. The topological polar surface area (TPSA) is 110 Å². The minimum atomic E-state index is -0.0955. The molecule has 0 radical (unpaired) electrons. The summed E-state index contributed by atoms with van der Waals surface area (Å²) in [4.78, 5) is 24.5. The Kier molecular flexibility index (Phi) is 9.08. The summed E-state index contributed by atoms with van der Waals surface area (Å²) in [6, 6.07) is 19.2. The maximum Gasteiger partial charge on any atom is 0.230 e. The van der Waals surface area contributed by atoms with Gasteiger partial charge in [-0.3, -0.25) is 9.59 Å². The lowest BCUT2D eigenvalue weighted by Gasteiger charge is -2.23. The Morgan fingerprint density at radius 3 is 1.49 bits per heavy atom. The Morgan fingerprint density at radius 1 is 0.676 bits per heavy atom. The van der Waals surface area contributed by atoms with Crippen LogP contribution in [0.5, 0.6) is 0 Å². The third-order valence-corrected chi connectivity index (χ3v) is 7.67. The molecule has 0 bridgehead atoms. The van der Waals surface area contributed by atoms with Gasteiger partial charge in [0.05, 0.1) is 12.8 Å². The number of aryl methyl sites for hydroxylation is 2. The number of rotatable bonds is 12. The van der Waals surface area contributed by atoms with Crippen LogP contribution in [0.15, 0.2) is 60.7 Å². The van der Waals surface area contributed by atoms with Gasteiger partial charge in [-0.2, -0.15) is 0 Å². The van der Waals surface area contributed by atoms with Crippen LogP contribution >= 0.6 is 22.7 Å². The minimum absolute atomic E-state index is 0.0603. The number of amides is 2. The van der Waals surface area contributed by atoms with Crippen molar-refractivity contribution in [2.75, 3.05) is 10.6 Å². The molecular formula is C27H30N6O2S2. The molecule has 0 saturated heterocycles. The molecule has 4 aromatic rings. The molecule has 0 atom stereocenters. The van der Waals surface area contributed by atoms with E-state index in [0.29, 0.717) is 23.1 Å². The van der Waals surface area contributed by atoms with Crippen LogP contribution in [0.2, 0.25) is 0 Å². The second kappa shape index (κ2) is 12.6. The van der Waals surface area contributed by atoms with Crippen molar-refractivity contribution in [3.05, 3.63) is 81.8 Å². The predicted molar refractivity (Wildman–Crippen MR) is 148 cm³/mol. The molecule has 0 saturated carbocycles. The zero-order chi connectivity index (χ0) is 26.1. The van der Waals surface area contributed by atoms with Gasteiger partial charge in [-0.05, 0) is 29.4 Å². The summed E-state index contributed by atoms with van der Waals surface area (Å²) in [5.41, 5.74) is 1.98. The zero-order valence-electron chi connectivity index (χ0n) is 20.9. The first kappa shape index (κ1) is 26.6. The van der Waals surface area contributed by atoms with Gasteiger partial charge in [0.1, 0.15) is 10.0 Å². The van der Waals surface area contributed by atoms with Crippen LogP contribution in [0, 0.1) is 5.41 Å². The highest BCUT2D eigenvalue weighted by atomic mass is 32.1. The van der Waals surface area contributed by atoms with Crippen molar-refractivity contribution in [1.82, 2.24) is 20.4 Å². The number of anilines is 2. The van der Waals surface area contributed by atoms with Gasteiger partial charge in [-0.1, -0.05) is 97.2 Å². The monoisotopic (exact) mass is 534 g/mol. The molecule has 0 unspecified atom stereocenters. The van der Waals surface area contributed by atoms with Crippen molar-refractivity contribution in [3.63, 3.8) is 0 Å². The van der Waals surface area contributed by atoms with Gasteiger partial charge in [-0.15, -0.1) is 20.4 Å². The summed E-state index contributed by atoms with van der Waals surface area (Å²) in [6.07, 6.45) is 4.06. The Hall–Kier alpha value is -3.50. The van der Waals surface area contributed by atoms with Crippen molar-refractivity contribution in [2.45, 2.75) is 52.4 Å². The van der Waals surface area contributed by atoms with E-state index in [1.165, 1.54) is 22.7 Å². The molecule has 4 rings (SSSR count). The molecule has 10 heteroatoms. The quantitative estimate of drug-likeness (QED) is 0.254. The minimum Gasteiger partial charge on any atom is -0.300 e. The molecule has 0 aliphatic carbocycles. The number of aromatic nitrogens is 4. The molecule has 192 valence electrons. The first-order valence-electron chi connectivity index (χ1n) is 12.2. The maximum absolute atomic E-state index is 12.3. The van der Waals surface area contributed by atoms with Crippen molar-refractivity contribution >= 4 is 44.8 Å². The molecule has 8 nitrogen and oxygen atoms in total. The summed E-state index contributed by atoms with van der Waals surface area (Å²) in [7, 11) is 0. The van der Waals surface area contributed by atoms with E-state index in [1.54, 1.807) is 0 Å². The highest BCUT2D eigenvalue weighted by Gasteiger charge is 2.20. The number of carbonyl (C=O) groups excluding carboxylic acids is 2. The third-order valence-electron chi connectivity index (χ3n) is 5.87. The summed E-state index contributed by atoms with van der Waals surface area (Å²) in [6.45, 7) is 4.44. The van der Waals surface area contributed by atoms with E-state index in [1.807, 2.05) is 60.7 Å². The lowest BCUT2D eigenvalue weighted by Crippen LogP contribution is -2.14. The molecular weight excluding hydrogens is 504 g/mol. The van der Waals surface area contributed by atoms with E-state index in [9.17, 15) is 9.59 Å². The molecule has 2 heterocycles. The fraction of sp³-hybridized carbons (Fsp3) is 0.333. The SMILES string of the molecule is CC(C)(CCc1nnc(NC(=O)Cc2ccccc2)s1)CCc1nnc(NC(=O)Cc2ccccc2)s1. The fourth-order valence-electron chi connectivity index (χ4n) is 3.72. The normalized spacial score (nSPS) is 11.3. The van der Waals surface area contributed by atoms with Crippen LogP contribution in [0.4, 0.5) is 10.3 Å². The van der Waals surface area contributed by atoms with Crippen molar-refractivity contribution in [3.8, 4) is 0 Å². The highest BCUT2D eigenvalue weighted by molar-refractivity contribution is 7.15. The van der Waals surface area contributed by atoms with Gasteiger partial charge in [0.2, 0.25) is 22.1 Å². The van der Waals surface area contributed by atoms with Crippen molar-refractivity contribution in [2.24, 2.45) is 5.41 Å². The number of hydrogen-bond acceptors (Lipinski definition) is 8. The van der Waals surface area contributed by atoms with Crippen LogP contribution in [-0.2, 0) is 35.3 Å². The van der Waals surface area contributed by atoms with Gasteiger partial charge in [-0.25, -0.2) is 0 Å². The Bertz CT molecular complexity index is 1200. The molecule has 2 N–H and O–H groups in total. The summed E-state index contributed by atoms with van der Waals surface area (Å²) >= 11 is 2.84. The highest BCUT2D eigenvalue weighted by Crippen LogP contribution is 2.31. The van der Waals surface area contributed by atoms with E-state index >= 15 is 0 Å². The van der Waals surface area contributed by atoms with Gasteiger partial charge >= 0.3 is 0 Å². The number of nitrogens with one attached hydrogen (secondary N) is 2. The van der Waals surface area contributed by atoms with Gasteiger partial charge in [0.15, 0.2) is 0 Å². The van der Waals surface area contributed by atoms with E-state index < -0.39 is 0 Å². The lowest BCUT2D eigenvalue weighted by atomic mass is 9.83. The largest absolute Gasteiger partial charge is 0.300 e. The lowest BCUT2D eigenvalue weighted by molar-refractivity contribution is -0.116. The summed E-state index contributed by atoms with van der Waals surface area (Å²) in [5.74, 6) is -0.191. The van der Waals surface area contributed by atoms with Crippen LogP contribution in [0.1, 0.15) is 47.8 Å². The van der Waals surface area contributed by atoms with Gasteiger partial charge < -0.3 is 10.6 Å². The van der Waals surface area contributed by atoms with E-state index in [-0.39, 0.29) is 17.2 Å². The van der Waals surface area contributed by atoms with E-state index in [0.717, 1.165) is 46.8 Å². The Balaban J connectivity index is 1.19. The molecule has 37 heavy (non-hydrogen) atoms. The molecule has 0 fully saturated rings. The van der Waals surface area contributed by atoms with Crippen LogP contribution < -0.4 is 10.6 Å². The molecule has 0 aliphatic rings. The number of hydrogen-bond donors (Lipinski definition) is 2. The Morgan fingerprint density at radius 2 is 1.08 bits per heavy atom. The zero-order valence-corrected chi connectivity index (χ0v) is 22.6. The third kappa shape index (κ3) is 8.83. The van der Waals surface area contributed by atoms with Crippen LogP contribution in [0.3, 0.4) is 0 Å². The van der Waals surface area contributed by atoms with Crippen LogP contribution in [-0.4, -0.2) is 32.2 Å². The van der Waals surface area contributed by atoms with Gasteiger partial charge in [0.25, 0.3) is 0 Å². The summed E-state index contributed by atoms with van der Waals surface area (Å²) in [5, 5.41) is 25.3. The van der Waals surface area contributed by atoms with Crippen molar-refractivity contribution in [1.29, 1.82) is 0 Å². The van der Waals surface area contributed by atoms with E-state index in [2.05, 4.69) is 44.9 Å². The number of nitrogens with zero attached hydrogens (tertiary/aromatic N) is 4. The van der Waals surface area contributed by atoms with Gasteiger partial charge in [0, 0.05) is 12.8 Å². The second-order valence-corrected chi connectivity index (χ2v) is 11.7. The smallest absolute Gasteiger partial charge is 0.230 e. The van der Waals surface area contributed by atoms with Crippen LogP contribution in [0.25, 0.3) is 0 Å². The molecule has 2 amide bonds.